The summed E-state index contributed by atoms with van der Waals surface area (Å²) in [6.07, 6.45) is 1.76. The molecule has 7 heteroatoms. The second-order valence-electron chi connectivity index (χ2n) is 7.70. The number of para-hydroxylation sites is 2. The second-order valence-corrected chi connectivity index (χ2v) is 7.70. The third-order valence-electron chi connectivity index (χ3n) is 5.47. The smallest absolute Gasteiger partial charge is 0.248 e. The molecule has 0 aliphatic heterocycles. The van der Waals surface area contributed by atoms with Crippen LogP contribution in [-0.2, 0) is 18.4 Å². The van der Waals surface area contributed by atoms with E-state index in [9.17, 15) is 4.79 Å². The van der Waals surface area contributed by atoms with Gasteiger partial charge in [0.15, 0.2) is 5.65 Å². The molecule has 7 nitrogen and oxygen atoms in total. The van der Waals surface area contributed by atoms with Crippen molar-refractivity contribution in [3.05, 3.63) is 72.1 Å². The Morgan fingerprint density at radius 3 is 2.71 bits per heavy atom. The van der Waals surface area contributed by atoms with Crippen LogP contribution in [0.3, 0.4) is 0 Å². The number of aromatic nitrogens is 5. The maximum atomic E-state index is 12.8. The molecule has 2 aromatic carbocycles. The number of carbonyl (C=O) groups excluding carboxylic acids is 1. The highest BCUT2D eigenvalue weighted by molar-refractivity contribution is 5.96. The zero-order valence-corrected chi connectivity index (χ0v) is 17.6. The number of anilines is 1. The normalized spacial score (nSPS) is 11.3. The summed E-state index contributed by atoms with van der Waals surface area (Å²) in [5.74, 6) is 0.304. The number of aryl methyl sites for hydroxylation is 3. The van der Waals surface area contributed by atoms with Crippen LogP contribution in [-0.4, -0.2) is 30.2 Å². The number of hydrogen-bond donors (Lipinski definition) is 1. The van der Waals surface area contributed by atoms with Gasteiger partial charge in [0.05, 0.1) is 16.7 Å². The summed E-state index contributed by atoms with van der Waals surface area (Å²) in [7, 11) is 1.88. The van der Waals surface area contributed by atoms with Crippen molar-refractivity contribution in [1.82, 2.24) is 24.3 Å². The molecule has 0 spiro atoms. The SMILES string of the molecule is Cc1cccc(-c2ccnc3c2c(C)nn3CC(=O)Nc2nc3ccccc3n2C)c1. The predicted molar refractivity (Wildman–Crippen MR) is 122 cm³/mol. The third kappa shape index (κ3) is 3.34. The van der Waals surface area contributed by atoms with Crippen molar-refractivity contribution in [1.29, 1.82) is 0 Å². The van der Waals surface area contributed by atoms with Crippen LogP contribution in [0.5, 0.6) is 0 Å². The lowest BCUT2D eigenvalue weighted by atomic mass is 10.0. The first-order valence-electron chi connectivity index (χ1n) is 10.1. The van der Waals surface area contributed by atoms with Crippen LogP contribution in [0.2, 0.25) is 0 Å². The molecule has 0 bridgehead atoms. The summed E-state index contributed by atoms with van der Waals surface area (Å²) in [6, 6.07) is 18.1. The highest BCUT2D eigenvalue weighted by Gasteiger charge is 2.17. The van der Waals surface area contributed by atoms with Crippen LogP contribution in [0.25, 0.3) is 33.2 Å². The van der Waals surface area contributed by atoms with E-state index in [0.29, 0.717) is 11.6 Å². The molecule has 0 aliphatic rings. The van der Waals surface area contributed by atoms with Crippen LogP contribution in [0.4, 0.5) is 5.95 Å². The van der Waals surface area contributed by atoms with Gasteiger partial charge in [0, 0.05) is 18.6 Å². The van der Waals surface area contributed by atoms with Crippen molar-refractivity contribution in [2.75, 3.05) is 5.32 Å². The van der Waals surface area contributed by atoms with Crippen LogP contribution >= 0.6 is 0 Å². The van der Waals surface area contributed by atoms with Gasteiger partial charge in [-0.25, -0.2) is 14.6 Å². The Morgan fingerprint density at radius 1 is 1.06 bits per heavy atom. The van der Waals surface area contributed by atoms with Crippen molar-refractivity contribution in [3.63, 3.8) is 0 Å². The first-order chi connectivity index (χ1) is 15.0. The van der Waals surface area contributed by atoms with Crippen LogP contribution in [0.1, 0.15) is 11.3 Å². The number of pyridine rings is 1. The lowest BCUT2D eigenvalue weighted by Gasteiger charge is -2.07. The minimum absolute atomic E-state index is 0.0534. The summed E-state index contributed by atoms with van der Waals surface area (Å²) >= 11 is 0. The molecule has 1 amide bonds. The van der Waals surface area contributed by atoms with Crippen molar-refractivity contribution >= 4 is 33.9 Å². The Bertz CT molecular complexity index is 1450. The van der Waals surface area contributed by atoms with Gasteiger partial charge in [0.25, 0.3) is 0 Å². The number of benzene rings is 2. The Balaban J connectivity index is 1.47. The lowest BCUT2D eigenvalue weighted by molar-refractivity contribution is -0.116. The molecule has 154 valence electrons. The molecule has 1 N–H and O–H groups in total. The van der Waals surface area contributed by atoms with Crippen LogP contribution in [0.15, 0.2) is 60.8 Å². The van der Waals surface area contributed by atoms with E-state index in [1.54, 1.807) is 10.9 Å². The highest BCUT2D eigenvalue weighted by Crippen LogP contribution is 2.30. The number of hydrogen-bond acceptors (Lipinski definition) is 4. The van der Waals surface area contributed by atoms with Crippen molar-refractivity contribution < 1.29 is 4.79 Å². The number of carbonyl (C=O) groups is 1. The second kappa shape index (κ2) is 7.36. The highest BCUT2D eigenvalue weighted by atomic mass is 16.2. The Morgan fingerprint density at radius 2 is 1.90 bits per heavy atom. The first kappa shape index (κ1) is 19.0. The molecule has 0 unspecified atom stereocenters. The molecule has 0 saturated carbocycles. The number of fused-ring (bicyclic) bond motifs is 2. The summed E-state index contributed by atoms with van der Waals surface area (Å²) < 4.78 is 3.52. The number of nitrogens with zero attached hydrogens (tertiary/aromatic N) is 5. The summed E-state index contributed by atoms with van der Waals surface area (Å²) in [5, 5.41) is 8.47. The molecular formula is C24H22N6O. The molecule has 5 rings (SSSR count). The Kier molecular flexibility index (Phi) is 4.51. The molecule has 0 fully saturated rings. The molecule has 3 heterocycles. The summed E-state index contributed by atoms with van der Waals surface area (Å²) in [5.41, 5.74) is 6.70. The van der Waals surface area contributed by atoms with Gasteiger partial charge in [0.1, 0.15) is 6.54 Å². The molecular weight excluding hydrogens is 388 g/mol. The van der Waals surface area contributed by atoms with Gasteiger partial charge in [-0.2, -0.15) is 5.10 Å². The average molecular weight is 410 g/mol. The molecule has 3 aromatic heterocycles. The molecule has 0 atom stereocenters. The van der Waals surface area contributed by atoms with Gasteiger partial charge < -0.3 is 4.57 Å². The number of imidazole rings is 1. The van der Waals surface area contributed by atoms with Gasteiger partial charge in [-0.3, -0.25) is 10.1 Å². The fraction of sp³-hybridized carbons (Fsp3) is 0.167. The van der Waals surface area contributed by atoms with Gasteiger partial charge in [0.2, 0.25) is 11.9 Å². The Hall–Kier alpha value is -4.00. The maximum Gasteiger partial charge on any atom is 0.248 e. The standard InChI is InChI=1S/C24H22N6O/c1-15-7-6-8-17(13-15)18-11-12-25-23-22(18)16(2)28-30(23)14-21(31)27-24-26-19-9-4-5-10-20(19)29(24)3/h4-13H,14H2,1-3H3,(H,26,27,31). The van der Waals surface area contributed by atoms with Crippen molar-refractivity contribution in [3.8, 4) is 11.1 Å². The van der Waals surface area contributed by atoms with Gasteiger partial charge in [-0.05, 0) is 43.2 Å². The zero-order valence-electron chi connectivity index (χ0n) is 17.6. The van der Waals surface area contributed by atoms with Crippen molar-refractivity contribution in [2.45, 2.75) is 20.4 Å². The quantitative estimate of drug-likeness (QED) is 0.481. The van der Waals surface area contributed by atoms with Crippen LogP contribution in [0, 0.1) is 13.8 Å². The van der Waals surface area contributed by atoms with Crippen LogP contribution < -0.4 is 5.32 Å². The van der Waals surface area contributed by atoms with Crippen molar-refractivity contribution in [2.24, 2.45) is 7.05 Å². The van der Waals surface area contributed by atoms with Gasteiger partial charge >= 0.3 is 0 Å². The fourth-order valence-electron chi connectivity index (χ4n) is 4.00. The molecule has 0 saturated heterocycles. The Labute approximate surface area is 179 Å². The minimum atomic E-state index is -0.203. The largest absolute Gasteiger partial charge is 0.313 e. The topological polar surface area (TPSA) is 77.6 Å². The summed E-state index contributed by atoms with van der Waals surface area (Å²) in [4.78, 5) is 21.8. The van der Waals surface area contributed by atoms with Gasteiger partial charge in [-0.1, -0.05) is 42.0 Å². The number of amides is 1. The van der Waals surface area contributed by atoms with E-state index in [2.05, 4.69) is 45.5 Å². The molecule has 0 aliphatic carbocycles. The minimum Gasteiger partial charge on any atom is -0.313 e. The van der Waals surface area contributed by atoms with Gasteiger partial charge in [-0.15, -0.1) is 0 Å². The molecule has 0 radical (unpaired) electrons. The maximum absolute atomic E-state index is 12.8. The lowest BCUT2D eigenvalue weighted by Crippen LogP contribution is -2.21. The van der Waals surface area contributed by atoms with E-state index in [-0.39, 0.29) is 12.5 Å². The predicted octanol–water partition coefficient (Wildman–Crippen LogP) is 4.24. The summed E-state index contributed by atoms with van der Waals surface area (Å²) in [6.45, 7) is 4.07. The van der Waals surface area contributed by atoms with E-state index in [0.717, 1.165) is 33.2 Å². The fourth-order valence-corrected chi connectivity index (χ4v) is 4.00. The zero-order chi connectivity index (χ0) is 21.5. The van der Waals surface area contributed by atoms with E-state index in [4.69, 9.17) is 0 Å². The number of rotatable bonds is 4. The molecule has 5 aromatic rings. The van der Waals surface area contributed by atoms with E-state index in [1.807, 2.05) is 54.9 Å². The first-order valence-corrected chi connectivity index (χ1v) is 10.1. The number of nitrogens with one attached hydrogen (secondary N) is 1. The monoisotopic (exact) mass is 410 g/mol. The molecule has 31 heavy (non-hydrogen) atoms. The van der Waals surface area contributed by atoms with E-state index < -0.39 is 0 Å². The average Bonchev–Trinajstić information content (AvgIpc) is 3.25. The van der Waals surface area contributed by atoms with E-state index >= 15 is 0 Å². The van der Waals surface area contributed by atoms with E-state index in [1.165, 1.54) is 5.56 Å². The third-order valence-corrected chi connectivity index (χ3v) is 5.47.